The molecule has 1 saturated carbocycles. The van der Waals surface area contributed by atoms with Crippen molar-refractivity contribution in [3.8, 4) is 0 Å². The van der Waals surface area contributed by atoms with E-state index in [4.69, 9.17) is 0 Å². The lowest BCUT2D eigenvalue weighted by Crippen LogP contribution is -2.50. The Hall–Kier alpha value is -1.18. The smallest absolute Gasteiger partial charge is 0.141 e. The van der Waals surface area contributed by atoms with E-state index >= 15 is 0 Å². The van der Waals surface area contributed by atoms with Crippen molar-refractivity contribution >= 4 is 11.6 Å². The van der Waals surface area contributed by atoms with E-state index in [2.05, 4.69) is 27.7 Å². The van der Waals surface area contributed by atoms with E-state index in [-0.39, 0.29) is 23.7 Å². The van der Waals surface area contributed by atoms with Gasteiger partial charge in [0.05, 0.1) is 0 Å². The number of rotatable bonds is 0. The van der Waals surface area contributed by atoms with Gasteiger partial charge in [-0.15, -0.1) is 0 Å². The zero-order valence-corrected chi connectivity index (χ0v) is 13.0. The van der Waals surface area contributed by atoms with E-state index in [1.165, 1.54) is 22.3 Å². The molecule has 108 valence electrons. The number of fused-ring (bicyclic) bond motifs is 2. The summed E-state index contributed by atoms with van der Waals surface area (Å²) >= 11 is 0. The van der Waals surface area contributed by atoms with Crippen LogP contribution in [0.5, 0.6) is 0 Å². The van der Waals surface area contributed by atoms with Crippen LogP contribution in [0, 0.1) is 23.7 Å². The molecule has 0 saturated heterocycles. The lowest BCUT2D eigenvalue weighted by molar-refractivity contribution is -0.148. The van der Waals surface area contributed by atoms with Gasteiger partial charge in [0.2, 0.25) is 0 Å². The maximum atomic E-state index is 12.8. The molecular weight excluding hydrogens is 248 g/mol. The van der Waals surface area contributed by atoms with Gasteiger partial charge >= 0.3 is 0 Å². The summed E-state index contributed by atoms with van der Waals surface area (Å²) in [5.41, 5.74) is 5.30. The van der Waals surface area contributed by atoms with Crippen molar-refractivity contribution < 1.29 is 9.59 Å². The molecule has 0 aromatic heterocycles. The minimum absolute atomic E-state index is 0.0290. The van der Waals surface area contributed by atoms with Gasteiger partial charge in [0.25, 0.3) is 0 Å². The van der Waals surface area contributed by atoms with Crippen molar-refractivity contribution in [1.29, 1.82) is 0 Å². The summed E-state index contributed by atoms with van der Waals surface area (Å²) in [4.78, 5) is 25.7. The molecule has 0 radical (unpaired) electrons. The van der Waals surface area contributed by atoms with Crippen LogP contribution in [0.1, 0.15) is 53.4 Å². The standard InChI is InChI=1S/C18H24O2/c1-9-5-13-14(6-10(9)2)18(20)16-8-12(4)11(3)7-15(16)17(13)19/h13-16H,5-8H2,1-4H3/t13-,14-,15-,16+/m1/s1. The van der Waals surface area contributed by atoms with Crippen molar-refractivity contribution in [3.63, 3.8) is 0 Å². The van der Waals surface area contributed by atoms with E-state index < -0.39 is 0 Å². The highest BCUT2D eigenvalue weighted by Crippen LogP contribution is 2.48. The maximum absolute atomic E-state index is 12.8. The van der Waals surface area contributed by atoms with E-state index in [1.54, 1.807) is 0 Å². The number of allylic oxidation sites excluding steroid dienone is 4. The third kappa shape index (κ3) is 1.92. The maximum Gasteiger partial charge on any atom is 0.141 e. The van der Waals surface area contributed by atoms with Crippen LogP contribution in [0.3, 0.4) is 0 Å². The molecule has 0 bridgehead atoms. The van der Waals surface area contributed by atoms with Gasteiger partial charge in [0.1, 0.15) is 11.6 Å². The molecule has 4 atom stereocenters. The lowest BCUT2D eigenvalue weighted by atomic mass is 9.57. The third-order valence-corrected chi connectivity index (χ3v) is 5.99. The summed E-state index contributed by atoms with van der Waals surface area (Å²) in [7, 11) is 0. The molecule has 0 amide bonds. The van der Waals surface area contributed by atoms with E-state index in [0.717, 1.165) is 25.7 Å². The number of carbonyl (C=O) groups is 2. The molecule has 0 aliphatic heterocycles. The van der Waals surface area contributed by atoms with Gasteiger partial charge in [-0.3, -0.25) is 9.59 Å². The zero-order chi connectivity index (χ0) is 14.6. The molecule has 20 heavy (non-hydrogen) atoms. The number of hydrogen-bond donors (Lipinski definition) is 0. The van der Waals surface area contributed by atoms with Crippen molar-refractivity contribution in [1.82, 2.24) is 0 Å². The largest absolute Gasteiger partial charge is 0.299 e. The predicted molar refractivity (Wildman–Crippen MR) is 79.2 cm³/mol. The van der Waals surface area contributed by atoms with Crippen molar-refractivity contribution in [2.45, 2.75) is 53.4 Å². The molecule has 0 spiro atoms. The van der Waals surface area contributed by atoms with Crippen molar-refractivity contribution in [2.24, 2.45) is 23.7 Å². The molecule has 0 heterocycles. The van der Waals surface area contributed by atoms with E-state index in [1.807, 2.05) is 0 Å². The van der Waals surface area contributed by atoms with Gasteiger partial charge in [-0.05, 0) is 53.4 Å². The van der Waals surface area contributed by atoms with Crippen LogP contribution < -0.4 is 0 Å². The average Bonchev–Trinajstić information content (AvgIpc) is 2.41. The second kappa shape index (κ2) is 4.68. The third-order valence-electron chi connectivity index (χ3n) is 5.99. The fraction of sp³-hybridized carbons (Fsp3) is 0.667. The molecule has 0 N–H and O–H groups in total. The topological polar surface area (TPSA) is 34.1 Å². The first-order valence-electron chi connectivity index (χ1n) is 7.78. The van der Waals surface area contributed by atoms with Crippen LogP contribution in [-0.2, 0) is 9.59 Å². The zero-order valence-electron chi connectivity index (χ0n) is 13.0. The van der Waals surface area contributed by atoms with Crippen LogP contribution >= 0.6 is 0 Å². The molecule has 2 nitrogen and oxygen atoms in total. The van der Waals surface area contributed by atoms with Gasteiger partial charge in [0.15, 0.2) is 0 Å². The van der Waals surface area contributed by atoms with Crippen LogP contribution in [-0.4, -0.2) is 11.6 Å². The van der Waals surface area contributed by atoms with Crippen LogP contribution in [0.4, 0.5) is 0 Å². The van der Waals surface area contributed by atoms with E-state index in [0.29, 0.717) is 11.6 Å². The second-order valence-corrected chi connectivity index (χ2v) is 7.17. The highest BCUT2D eigenvalue weighted by atomic mass is 16.1. The minimum Gasteiger partial charge on any atom is -0.299 e. The quantitative estimate of drug-likeness (QED) is 0.627. The Kier molecular flexibility index (Phi) is 3.23. The van der Waals surface area contributed by atoms with Crippen LogP contribution in [0.2, 0.25) is 0 Å². The number of carbonyl (C=O) groups excluding carboxylic acids is 2. The summed E-state index contributed by atoms with van der Waals surface area (Å²) in [6.07, 6.45) is 3.25. The van der Waals surface area contributed by atoms with Gasteiger partial charge in [-0.1, -0.05) is 22.3 Å². The molecular formula is C18H24O2. The number of Topliss-reactive ketones (excluding diaryl/α,β-unsaturated/α-hetero) is 2. The van der Waals surface area contributed by atoms with Gasteiger partial charge in [0, 0.05) is 23.7 Å². The van der Waals surface area contributed by atoms with Gasteiger partial charge in [-0.2, -0.15) is 0 Å². The summed E-state index contributed by atoms with van der Waals surface area (Å²) in [5.74, 6) is 0.631. The summed E-state index contributed by atoms with van der Waals surface area (Å²) in [5, 5.41) is 0. The molecule has 0 unspecified atom stereocenters. The fourth-order valence-corrected chi connectivity index (χ4v) is 4.33. The van der Waals surface area contributed by atoms with Crippen LogP contribution in [0.25, 0.3) is 0 Å². The second-order valence-electron chi connectivity index (χ2n) is 7.17. The molecule has 0 aromatic rings. The summed E-state index contributed by atoms with van der Waals surface area (Å²) in [6, 6.07) is 0. The molecule has 1 fully saturated rings. The van der Waals surface area contributed by atoms with Gasteiger partial charge < -0.3 is 0 Å². The molecule has 3 rings (SSSR count). The molecule has 2 heteroatoms. The predicted octanol–water partition coefficient (Wildman–Crippen LogP) is 3.86. The Morgan fingerprint density at radius 1 is 0.550 bits per heavy atom. The Morgan fingerprint density at radius 3 is 0.950 bits per heavy atom. The Labute approximate surface area is 121 Å². The number of hydrogen-bond acceptors (Lipinski definition) is 2. The average molecular weight is 272 g/mol. The first-order chi connectivity index (χ1) is 9.40. The normalized spacial score (nSPS) is 38.0. The van der Waals surface area contributed by atoms with Crippen LogP contribution in [0.15, 0.2) is 22.3 Å². The first kappa shape index (κ1) is 13.8. The molecule has 3 aliphatic carbocycles. The van der Waals surface area contributed by atoms with Crippen molar-refractivity contribution in [3.05, 3.63) is 22.3 Å². The highest BCUT2D eigenvalue weighted by molar-refractivity contribution is 6.00. The Bertz CT molecular complexity index is 456. The molecule has 3 aliphatic rings. The first-order valence-corrected chi connectivity index (χ1v) is 7.78. The van der Waals surface area contributed by atoms with Gasteiger partial charge in [-0.25, -0.2) is 0 Å². The monoisotopic (exact) mass is 272 g/mol. The SMILES string of the molecule is CC1=C(C)C[C@H]2C(=O)[C@@H]3CC(C)=C(C)C[C@H]3C(=O)[C@H]2C1. The summed E-state index contributed by atoms with van der Waals surface area (Å²) in [6.45, 7) is 8.47. The highest BCUT2D eigenvalue weighted by Gasteiger charge is 2.51. The fourth-order valence-electron chi connectivity index (χ4n) is 4.33. The Morgan fingerprint density at radius 2 is 0.750 bits per heavy atom. The summed E-state index contributed by atoms with van der Waals surface area (Å²) < 4.78 is 0. The minimum atomic E-state index is -0.0290. The Balaban J connectivity index is 1.97. The molecule has 0 aromatic carbocycles. The van der Waals surface area contributed by atoms with E-state index in [9.17, 15) is 9.59 Å². The van der Waals surface area contributed by atoms with Crippen molar-refractivity contribution in [2.75, 3.05) is 0 Å². The number of ketones is 2. The lowest BCUT2D eigenvalue weighted by Gasteiger charge is -2.44.